The lowest BCUT2D eigenvalue weighted by Crippen LogP contribution is -2.22. The monoisotopic (exact) mass is 220 g/mol. The normalized spacial score (nSPS) is 12.2. The van der Waals surface area contributed by atoms with Gasteiger partial charge in [-0.25, -0.2) is 4.52 Å². The molecule has 0 aliphatic heterocycles. The Morgan fingerprint density at radius 1 is 1.50 bits per heavy atom. The molecule has 0 saturated carbocycles. The third-order valence-electron chi connectivity index (χ3n) is 3.11. The zero-order valence-electron chi connectivity index (χ0n) is 9.74. The maximum Gasteiger partial charge on any atom is 0.276 e. The molecule has 0 spiro atoms. The number of anilines is 1. The summed E-state index contributed by atoms with van der Waals surface area (Å²) in [6.07, 6.45) is 0.966. The molecule has 5 heteroatoms. The molecule has 0 aliphatic carbocycles. The second kappa shape index (κ2) is 3.37. The van der Waals surface area contributed by atoms with Crippen molar-refractivity contribution in [3.8, 4) is 0 Å². The summed E-state index contributed by atoms with van der Waals surface area (Å²) in [5.41, 5.74) is 6.85. The number of nitrogens with zero attached hydrogens (tertiary/aromatic N) is 2. The molecule has 0 radical (unpaired) electrons. The topological polar surface area (TPSA) is 76.2 Å². The van der Waals surface area contributed by atoms with Crippen molar-refractivity contribution >= 4 is 11.5 Å². The van der Waals surface area contributed by atoms with Crippen LogP contribution in [0.5, 0.6) is 0 Å². The molecule has 86 valence electrons. The van der Waals surface area contributed by atoms with Crippen LogP contribution in [0.2, 0.25) is 0 Å². The highest BCUT2D eigenvalue weighted by molar-refractivity contribution is 5.48. The number of fused-ring (bicyclic) bond motifs is 1. The molecule has 0 fully saturated rings. The lowest BCUT2D eigenvalue weighted by molar-refractivity contribution is 0.478. The molecule has 0 atom stereocenters. The van der Waals surface area contributed by atoms with Crippen LogP contribution in [0.15, 0.2) is 16.9 Å². The van der Waals surface area contributed by atoms with Crippen LogP contribution < -0.4 is 11.3 Å². The SMILES string of the molecule is CCC(C)(C)c1ccc2c(=O)[nH]c(N)nn12. The highest BCUT2D eigenvalue weighted by atomic mass is 16.1. The number of aromatic amines is 1. The van der Waals surface area contributed by atoms with Gasteiger partial charge in [-0.1, -0.05) is 20.8 Å². The summed E-state index contributed by atoms with van der Waals surface area (Å²) in [6.45, 7) is 6.34. The molecule has 3 N–H and O–H groups in total. The summed E-state index contributed by atoms with van der Waals surface area (Å²) >= 11 is 0. The maximum atomic E-state index is 11.6. The molecule has 5 nitrogen and oxygen atoms in total. The van der Waals surface area contributed by atoms with Gasteiger partial charge in [0.05, 0.1) is 0 Å². The minimum absolute atomic E-state index is 0.0281. The number of H-pyrrole nitrogens is 1. The predicted molar refractivity (Wildman–Crippen MR) is 63.5 cm³/mol. The Hall–Kier alpha value is -1.78. The fraction of sp³-hybridized carbons (Fsp3) is 0.455. The molecule has 0 aliphatic rings. The van der Waals surface area contributed by atoms with Crippen LogP contribution in [-0.4, -0.2) is 14.6 Å². The van der Waals surface area contributed by atoms with Crippen molar-refractivity contribution in [2.45, 2.75) is 32.6 Å². The van der Waals surface area contributed by atoms with Crippen LogP contribution in [0.4, 0.5) is 5.95 Å². The van der Waals surface area contributed by atoms with E-state index in [-0.39, 0.29) is 16.9 Å². The summed E-state index contributed by atoms with van der Waals surface area (Å²) in [7, 11) is 0. The number of nitrogens with one attached hydrogen (secondary N) is 1. The Labute approximate surface area is 93.3 Å². The Morgan fingerprint density at radius 2 is 2.19 bits per heavy atom. The minimum atomic E-state index is -0.203. The number of aromatic nitrogens is 3. The first-order valence-corrected chi connectivity index (χ1v) is 5.33. The average Bonchev–Trinajstić information content (AvgIpc) is 2.62. The fourth-order valence-electron chi connectivity index (χ4n) is 1.71. The summed E-state index contributed by atoms with van der Waals surface area (Å²) < 4.78 is 1.64. The molecule has 0 amide bonds. The van der Waals surface area contributed by atoms with Gasteiger partial charge in [0.15, 0.2) is 0 Å². The van der Waals surface area contributed by atoms with Crippen molar-refractivity contribution < 1.29 is 0 Å². The first-order chi connectivity index (χ1) is 7.45. The predicted octanol–water partition coefficient (Wildman–Crippen LogP) is 1.29. The van der Waals surface area contributed by atoms with Gasteiger partial charge in [-0.05, 0) is 18.6 Å². The van der Waals surface area contributed by atoms with Gasteiger partial charge >= 0.3 is 0 Å². The van der Waals surface area contributed by atoms with E-state index in [1.807, 2.05) is 6.07 Å². The van der Waals surface area contributed by atoms with Crippen molar-refractivity contribution in [1.82, 2.24) is 14.6 Å². The van der Waals surface area contributed by atoms with Crippen molar-refractivity contribution in [2.75, 3.05) is 5.73 Å². The summed E-state index contributed by atoms with van der Waals surface area (Å²) in [6, 6.07) is 3.71. The van der Waals surface area contributed by atoms with Gasteiger partial charge in [-0.15, -0.1) is 5.10 Å². The minimum Gasteiger partial charge on any atom is -0.368 e. The standard InChI is InChI=1S/C11H16N4O/c1-4-11(2,3)8-6-5-7-9(16)13-10(12)14-15(7)8/h5-6H,4H2,1-3H3,(H3,12,13,14,16). The number of nitrogen functional groups attached to an aromatic ring is 1. The molecular weight excluding hydrogens is 204 g/mol. The summed E-state index contributed by atoms with van der Waals surface area (Å²) in [5.74, 6) is 0.141. The van der Waals surface area contributed by atoms with Gasteiger partial charge in [0.1, 0.15) is 5.52 Å². The first kappa shape index (κ1) is 10.7. The van der Waals surface area contributed by atoms with E-state index in [1.165, 1.54) is 0 Å². The van der Waals surface area contributed by atoms with Crippen LogP contribution in [0.25, 0.3) is 5.52 Å². The fourth-order valence-corrected chi connectivity index (χ4v) is 1.71. The number of rotatable bonds is 2. The Balaban J connectivity index is 2.79. The Kier molecular flexibility index (Phi) is 2.26. The molecular formula is C11H16N4O. The lowest BCUT2D eigenvalue weighted by Gasteiger charge is -2.21. The van der Waals surface area contributed by atoms with Crippen LogP contribution in [-0.2, 0) is 5.41 Å². The van der Waals surface area contributed by atoms with Crippen molar-refractivity contribution in [3.63, 3.8) is 0 Å². The smallest absolute Gasteiger partial charge is 0.276 e. The molecule has 16 heavy (non-hydrogen) atoms. The second-order valence-corrected chi connectivity index (χ2v) is 4.59. The van der Waals surface area contributed by atoms with E-state index < -0.39 is 0 Å². The van der Waals surface area contributed by atoms with Gasteiger partial charge in [0.2, 0.25) is 5.95 Å². The molecule has 0 aromatic carbocycles. The van der Waals surface area contributed by atoms with Gasteiger partial charge in [0.25, 0.3) is 5.56 Å². The Morgan fingerprint density at radius 3 is 2.81 bits per heavy atom. The van der Waals surface area contributed by atoms with E-state index in [2.05, 4.69) is 30.9 Å². The molecule has 0 bridgehead atoms. The number of hydrogen-bond acceptors (Lipinski definition) is 3. The number of nitrogens with two attached hydrogens (primary N) is 1. The van der Waals surface area contributed by atoms with Gasteiger partial charge in [-0.2, -0.15) is 0 Å². The van der Waals surface area contributed by atoms with Crippen molar-refractivity contribution in [2.24, 2.45) is 0 Å². The highest BCUT2D eigenvalue weighted by Crippen LogP contribution is 2.26. The highest BCUT2D eigenvalue weighted by Gasteiger charge is 2.23. The van der Waals surface area contributed by atoms with E-state index in [4.69, 9.17) is 5.73 Å². The van der Waals surface area contributed by atoms with E-state index in [0.29, 0.717) is 5.52 Å². The summed E-state index contributed by atoms with van der Waals surface area (Å²) in [4.78, 5) is 14.1. The molecule has 2 heterocycles. The van der Waals surface area contributed by atoms with E-state index >= 15 is 0 Å². The third kappa shape index (κ3) is 1.48. The van der Waals surface area contributed by atoms with Gasteiger partial charge in [-0.3, -0.25) is 9.78 Å². The molecule has 2 aromatic heterocycles. The maximum absolute atomic E-state index is 11.6. The summed E-state index contributed by atoms with van der Waals surface area (Å²) in [5, 5.41) is 4.15. The average molecular weight is 220 g/mol. The lowest BCUT2D eigenvalue weighted by atomic mass is 9.87. The second-order valence-electron chi connectivity index (χ2n) is 4.59. The van der Waals surface area contributed by atoms with E-state index in [9.17, 15) is 4.79 Å². The molecule has 0 unspecified atom stereocenters. The number of hydrogen-bond donors (Lipinski definition) is 2. The van der Waals surface area contributed by atoms with E-state index in [1.54, 1.807) is 10.6 Å². The van der Waals surface area contributed by atoms with Crippen molar-refractivity contribution in [1.29, 1.82) is 0 Å². The first-order valence-electron chi connectivity index (χ1n) is 5.33. The van der Waals surface area contributed by atoms with Crippen LogP contribution in [0.1, 0.15) is 32.9 Å². The quantitative estimate of drug-likeness (QED) is 0.800. The molecule has 0 saturated heterocycles. The van der Waals surface area contributed by atoms with Crippen LogP contribution in [0.3, 0.4) is 0 Å². The van der Waals surface area contributed by atoms with E-state index in [0.717, 1.165) is 12.1 Å². The third-order valence-corrected chi connectivity index (χ3v) is 3.11. The van der Waals surface area contributed by atoms with Crippen LogP contribution >= 0.6 is 0 Å². The van der Waals surface area contributed by atoms with Gasteiger partial charge in [0, 0.05) is 11.1 Å². The zero-order valence-corrected chi connectivity index (χ0v) is 9.74. The van der Waals surface area contributed by atoms with Gasteiger partial charge < -0.3 is 5.73 Å². The largest absolute Gasteiger partial charge is 0.368 e. The molecule has 2 aromatic rings. The Bertz CT molecular complexity index is 579. The molecule has 2 rings (SSSR count). The zero-order chi connectivity index (χ0) is 11.9. The van der Waals surface area contributed by atoms with Crippen molar-refractivity contribution in [3.05, 3.63) is 28.2 Å². The van der Waals surface area contributed by atoms with Crippen LogP contribution in [0, 0.1) is 0 Å².